The minimum atomic E-state index is -0.0653. The van der Waals surface area contributed by atoms with Crippen LogP contribution in [0.3, 0.4) is 0 Å². The summed E-state index contributed by atoms with van der Waals surface area (Å²) in [6.45, 7) is 4.14. The summed E-state index contributed by atoms with van der Waals surface area (Å²) in [7, 11) is 0. The predicted octanol–water partition coefficient (Wildman–Crippen LogP) is 1.67. The van der Waals surface area contributed by atoms with Crippen LogP contribution in [0.25, 0.3) is 0 Å². The van der Waals surface area contributed by atoms with Crippen LogP contribution < -0.4 is 4.90 Å². The van der Waals surface area contributed by atoms with Gasteiger partial charge in [-0.1, -0.05) is 0 Å². The number of carbonyl (C=O) groups excluding carboxylic acids is 2. The van der Waals surface area contributed by atoms with E-state index < -0.39 is 0 Å². The van der Waals surface area contributed by atoms with Crippen molar-refractivity contribution in [3.63, 3.8) is 0 Å². The minimum absolute atomic E-state index is 0.0376. The zero-order valence-corrected chi connectivity index (χ0v) is 15.3. The molecule has 0 aromatic carbocycles. The standard InChI is InChI=1S/C20H23N5O2/c26-19(16-4-3-6-21-15-16)24-10-12-25(13-11-24)20(27)18-14-17(5-7-22-18)23-8-1-2-9-23/h3-7,14-15H,1-2,8-13H2. The van der Waals surface area contributed by atoms with Crippen molar-refractivity contribution in [2.24, 2.45) is 0 Å². The molecule has 0 N–H and O–H groups in total. The van der Waals surface area contributed by atoms with E-state index in [1.807, 2.05) is 12.1 Å². The molecule has 27 heavy (non-hydrogen) atoms. The number of aromatic nitrogens is 2. The molecular weight excluding hydrogens is 342 g/mol. The molecule has 0 bridgehead atoms. The maximum absolute atomic E-state index is 12.8. The molecule has 7 heteroatoms. The summed E-state index contributed by atoms with van der Waals surface area (Å²) in [6, 6.07) is 7.38. The van der Waals surface area contributed by atoms with Crippen LogP contribution in [0.4, 0.5) is 5.69 Å². The van der Waals surface area contributed by atoms with Gasteiger partial charge in [-0.15, -0.1) is 0 Å². The van der Waals surface area contributed by atoms with Gasteiger partial charge in [0.25, 0.3) is 11.8 Å². The maximum atomic E-state index is 12.8. The molecule has 2 aliphatic heterocycles. The number of hydrogen-bond acceptors (Lipinski definition) is 5. The van der Waals surface area contributed by atoms with Crippen molar-refractivity contribution in [2.75, 3.05) is 44.2 Å². The van der Waals surface area contributed by atoms with Crippen LogP contribution in [0.5, 0.6) is 0 Å². The highest BCUT2D eigenvalue weighted by molar-refractivity contribution is 5.95. The molecule has 4 rings (SSSR count). The van der Waals surface area contributed by atoms with Gasteiger partial charge in [0.1, 0.15) is 5.69 Å². The van der Waals surface area contributed by atoms with Crippen LogP contribution in [0.1, 0.15) is 33.7 Å². The third-order valence-corrected chi connectivity index (χ3v) is 5.20. The third kappa shape index (κ3) is 3.77. The SMILES string of the molecule is O=C(c1cccnc1)N1CCN(C(=O)c2cc(N3CCCC3)ccn2)CC1. The normalized spacial score (nSPS) is 17.3. The fourth-order valence-corrected chi connectivity index (χ4v) is 3.65. The van der Waals surface area contributed by atoms with Gasteiger partial charge in [0.15, 0.2) is 0 Å². The lowest BCUT2D eigenvalue weighted by Gasteiger charge is -2.34. The van der Waals surface area contributed by atoms with E-state index in [1.54, 1.807) is 40.5 Å². The monoisotopic (exact) mass is 365 g/mol. The molecule has 0 atom stereocenters. The summed E-state index contributed by atoms with van der Waals surface area (Å²) in [5.74, 6) is -0.103. The summed E-state index contributed by atoms with van der Waals surface area (Å²) in [4.78, 5) is 39.5. The number of amides is 2. The zero-order valence-electron chi connectivity index (χ0n) is 15.3. The van der Waals surface area contributed by atoms with Crippen molar-refractivity contribution in [3.05, 3.63) is 54.1 Å². The van der Waals surface area contributed by atoms with Gasteiger partial charge in [0, 0.05) is 63.5 Å². The minimum Gasteiger partial charge on any atom is -0.371 e. The Morgan fingerprint density at radius 3 is 2.22 bits per heavy atom. The van der Waals surface area contributed by atoms with Gasteiger partial charge < -0.3 is 14.7 Å². The molecule has 140 valence electrons. The van der Waals surface area contributed by atoms with Gasteiger partial charge in [-0.3, -0.25) is 19.6 Å². The van der Waals surface area contributed by atoms with E-state index in [0.29, 0.717) is 37.4 Å². The van der Waals surface area contributed by atoms with Gasteiger partial charge in [-0.2, -0.15) is 0 Å². The average Bonchev–Trinajstić information content (AvgIpc) is 3.29. The second kappa shape index (κ2) is 7.73. The van der Waals surface area contributed by atoms with Crippen molar-refractivity contribution in [1.29, 1.82) is 0 Å². The van der Waals surface area contributed by atoms with Crippen LogP contribution in [-0.4, -0.2) is 70.9 Å². The second-order valence-corrected chi connectivity index (χ2v) is 6.92. The van der Waals surface area contributed by atoms with E-state index in [2.05, 4.69) is 14.9 Å². The van der Waals surface area contributed by atoms with Crippen molar-refractivity contribution in [2.45, 2.75) is 12.8 Å². The van der Waals surface area contributed by atoms with Crippen molar-refractivity contribution in [3.8, 4) is 0 Å². The van der Waals surface area contributed by atoms with E-state index in [-0.39, 0.29) is 11.8 Å². The maximum Gasteiger partial charge on any atom is 0.272 e. The van der Waals surface area contributed by atoms with Gasteiger partial charge in [0.2, 0.25) is 0 Å². The predicted molar refractivity (Wildman–Crippen MR) is 102 cm³/mol. The Morgan fingerprint density at radius 1 is 0.852 bits per heavy atom. The number of rotatable bonds is 3. The first-order valence-electron chi connectivity index (χ1n) is 9.42. The summed E-state index contributed by atoms with van der Waals surface area (Å²) in [5, 5.41) is 0. The molecule has 0 unspecified atom stereocenters. The molecule has 4 heterocycles. The molecular formula is C20H23N5O2. The van der Waals surface area contributed by atoms with E-state index in [0.717, 1.165) is 18.8 Å². The van der Waals surface area contributed by atoms with Crippen LogP contribution in [0, 0.1) is 0 Å². The van der Waals surface area contributed by atoms with Crippen molar-refractivity contribution in [1.82, 2.24) is 19.8 Å². The Hall–Kier alpha value is -2.96. The first-order chi connectivity index (χ1) is 13.2. The largest absolute Gasteiger partial charge is 0.371 e. The lowest BCUT2D eigenvalue weighted by Crippen LogP contribution is -2.50. The van der Waals surface area contributed by atoms with Gasteiger partial charge >= 0.3 is 0 Å². The first kappa shape index (κ1) is 17.5. The fraction of sp³-hybridized carbons (Fsp3) is 0.400. The van der Waals surface area contributed by atoms with Crippen molar-refractivity contribution >= 4 is 17.5 Å². The van der Waals surface area contributed by atoms with Crippen LogP contribution in [0.15, 0.2) is 42.9 Å². The topological polar surface area (TPSA) is 69.6 Å². The Labute approximate surface area is 158 Å². The quantitative estimate of drug-likeness (QED) is 0.828. The number of hydrogen-bond donors (Lipinski definition) is 0. The summed E-state index contributed by atoms with van der Waals surface area (Å²) < 4.78 is 0. The molecule has 0 spiro atoms. The molecule has 2 amide bonds. The molecule has 2 aromatic rings. The molecule has 2 saturated heterocycles. The second-order valence-electron chi connectivity index (χ2n) is 6.92. The molecule has 2 aromatic heterocycles. The third-order valence-electron chi connectivity index (χ3n) is 5.20. The van der Waals surface area contributed by atoms with Gasteiger partial charge in [0.05, 0.1) is 5.56 Å². The highest BCUT2D eigenvalue weighted by Gasteiger charge is 2.26. The van der Waals surface area contributed by atoms with E-state index in [9.17, 15) is 9.59 Å². The average molecular weight is 365 g/mol. The Bertz CT molecular complexity index is 812. The van der Waals surface area contributed by atoms with E-state index in [1.165, 1.54) is 12.8 Å². The van der Waals surface area contributed by atoms with E-state index >= 15 is 0 Å². The molecule has 0 radical (unpaired) electrons. The van der Waals surface area contributed by atoms with Gasteiger partial charge in [-0.05, 0) is 37.1 Å². The molecule has 2 fully saturated rings. The lowest BCUT2D eigenvalue weighted by atomic mass is 10.2. The summed E-state index contributed by atoms with van der Waals surface area (Å²) in [5.41, 5.74) is 2.12. The fourth-order valence-electron chi connectivity index (χ4n) is 3.65. The number of anilines is 1. The number of pyridine rings is 2. The first-order valence-corrected chi connectivity index (χ1v) is 9.42. The molecule has 0 aliphatic carbocycles. The van der Waals surface area contributed by atoms with Crippen LogP contribution in [-0.2, 0) is 0 Å². The molecule has 7 nitrogen and oxygen atoms in total. The Kier molecular flexibility index (Phi) is 5.00. The highest BCUT2D eigenvalue weighted by Crippen LogP contribution is 2.21. The van der Waals surface area contributed by atoms with Crippen molar-refractivity contribution < 1.29 is 9.59 Å². The number of carbonyl (C=O) groups is 2. The molecule has 2 aliphatic rings. The zero-order chi connectivity index (χ0) is 18.6. The number of piperazine rings is 1. The van der Waals surface area contributed by atoms with Crippen LogP contribution in [0.2, 0.25) is 0 Å². The smallest absolute Gasteiger partial charge is 0.272 e. The highest BCUT2D eigenvalue weighted by atomic mass is 16.2. The summed E-state index contributed by atoms with van der Waals surface area (Å²) >= 11 is 0. The van der Waals surface area contributed by atoms with E-state index in [4.69, 9.17) is 0 Å². The lowest BCUT2D eigenvalue weighted by molar-refractivity contribution is 0.0532. The Balaban J connectivity index is 1.39. The van der Waals surface area contributed by atoms with Crippen LogP contribution >= 0.6 is 0 Å². The Morgan fingerprint density at radius 2 is 1.56 bits per heavy atom. The number of nitrogens with zero attached hydrogens (tertiary/aromatic N) is 5. The van der Waals surface area contributed by atoms with Gasteiger partial charge in [-0.25, -0.2) is 0 Å². The molecule has 0 saturated carbocycles. The summed E-state index contributed by atoms with van der Waals surface area (Å²) in [6.07, 6.45) is 7.32.